The van der Waals surface area contributed by atoms with Gasteiger partial charge >= 0.3 is 5.71 Å². The lowest BCUT2D eigenvalue weighted by atomic mass is 10.1. The molecule has 0 radical (unpaired) electrons. The lowest BCUT2D eigenvalue weighted by Gasteiger charge is -1.98. The summed E-state index contributed by atoms with van der Waals surface area (Å²) in [5.41, 5.74) is 7.83. The molecule has 5 nitrogen and oxygen atoms in total. The van der Waals surface area contributed by atoms with E-state index in [2.05, 4.69) is 4.79 Å². The maximum absolute atomic E-state index is 10.8. The van der Waals surface area contributed by atoms with Crippen LogP contribution < -0.4 is 0 Å². The third kappa shape index (κ3) is 2.59. The molecule has 62 valence electrons. The van der Waals surface area contributed by atoms with E-state index in [-0.39, 0.29) is 6.42 Å². The van der Waals surface area contributed by atoms with E-state index >= 15 is 0 Å². The molecule has 0 fully saturated rings. The van der Waals surface area contributed by atoms with E-state index in [9.17, 15) is 4.79 Å². The molecule has 0 aromatic heterocycles. The molecule has 0 amide bonds. The van der Waals surface area contributed by atoms with E-state index in [1.165, 1.54) is 0 Å². The smallest absolute Gasteiger partial charge is 0.364 e. The van der Waals surface area contributed by atoms with E-state index in [1.807, 2.05) is 0 Å². The molecule has 0 aromatic rings. The second kappa shape index (κ2) is 4.73. The number of carbonyl (C=O) groups excluding carboxylic acids is 1. The van der Waals surface area contributed by atoms with Gasteiger partial charge in [0.25, 0.3) is 0 Å². The second-order valence-electron chi connectivity index (χ2n) is 1.96. The van der Waals surface area contributed by atoms with Crippen LogP contribution >= 0.6 is 0 Å². The topological polar surface area (TPSA) is 93.9 Å². The van der Waals surface area contributed by atoms with Crippen molar-refractivity contribution in [1.82, 2.24) is 0 Å². The minimum atomic E-state index is -1.38. The molecule has 0 aliphatic heterocycles. The van der Waals surface area contributed by atoms with Gasteiger partial charge < -0.3 is 15.7 Å². The SMILES string of the molecule is CCC(=O)C(=[N+]=[N-])C(O)CO. The summed E-state index contributed by atoms with van der Waals surface area (Å²) >= 11 is 0. The predicted molar refractivity (Wildman–Crippen MR) is 37.0 cm³/mol. The third-order valence-electron chi connectivity index (χ3n) is 1.20. The molecule has 0 spiro atoms. The quantitative estimate of drug-likeness (QED) is 0.312. The van der Waals surface area contributed by atoms with Gasteiger partial charge in [0, 0.05) is 6.42 Å². The van der Waals surface area contributed by atoms with Gasteiger partial charge in [-0.05, 0) is 0 Å². The van der Waals surface area contributed by atoms with E-state index in [1.54, 1.807) is 6.92 Å². The molecule has 0 heterocycles. The van der Waals surface area contributed by atoms with Crippen LogP contribution in [0.25, 0.3) is 5.53 Å². The Balaban J connectivity index is 4.43. The second-order valence-corrected chi connectivity index (χ2v) is 1.96. The highest BCUT2D eigenvalue weighted by Gasteiger charge is 2.26. The van der Waals surface area contributed by atoms with E-state index in [0.717, 1.165) is 0 Å². The average Bonchev–Trinajstić information content (AvgIpc) is 2.05. The van der Waals surface area contributed by atoms with Crippen LogP contribution in [0.4, 0.5) is 0 Å². The summed E-state index contributed by atoms with van der Waals surface area (Å²) in [4.78, 5) is 13.4. The molecular formula is C6H10N2O3. The summed E-state index contributed by atoms with van der Waals surface area (Å²) in [7, 11) is 0. The van der Waals surface area contributed by atoms with Crippen molar-refractivity contribution in [3.8, 4) is 0 Å². The van der Waals surface area contributed by atoms with Gasteiger partial charge in [-0.25, -0.2) is 0 Å². The Morgan fingerprint density at radius 3 is 2.55 bits per heavy atom. The van der Waals surface area contributed by atoms with E-state index in [0.29, 0.717) is 0 Å². The van der Waals surface area contributed by atoms with Crippen molar-refractivity contribution >= 4 is 11.5 Å². The minimum Gasteiger partial charge on any atom is -0.393 e. The van der Waals surface area contributed by atoms with Crippen molar-refractivity contribution in [1.29, 1.82) is 0 Å². The molecule has 0 bridgehead atoms. The molecule has 2 N–H and O–H groups in total. The number of hydrogen-bond donors (Lipinski definition) is 2. The Hall–Kier alpha value is -1.03. The van der Waals surface area contributed by atoms with Crippen molar-refractivity contribution in [3.63, 3.8) is 0 Å². The van der Waals surface area contributed by atoms with Gasteiger partial charge in [-0.15, -0.1) is 0 Å². The fraction of sp³-hybridized carbons (Fsp3) is 0.667. The number of hydrogen-bond acceptors (Lipinski definition) is 3. The Morgan fingerprint density at radius 1 is 1.73 bits per heavy atom. The zero-order valence-electron chi connectivity index (χ0n) is 6.19. The van der Waals surface area contributed by atoms with Crippen LogP contribution in [0.15, 0.2) is 0 Å². The zero-order valence-corrected chi connectivity index (χ0v) is 6.19. The molecule has 0 rings (SSSR count). The number of rotatable bonds is 4. The average molecular weight is 158 g/mol. The fourth-order valence-corrected chi connectivity index (χ4v) is 0.576. The third-order valence-corrected chi connectivity index (χ3v) is 1.20. The van der Waals surface area contributed by atoms with Crippen molar-refractivity contribution < 1.29 is 19.8 Å². The first-order chi connectivity index (χ1) is 5.17. The van der Waals surface area contributed by atoms with E-state index < -0.39 is 24.2 Å². The molecule has 0 aromatic carbocycles. The highest BCUT2D eigenvalue weighted by molar-refractivity contribution is 6.39. The lowest BCUT2D eigenvalue weighted by Crippen LogP contribution is -2.31. The van der Waals surface area contributed by atoms with Gasteiger partial charge in [0.05, 0.1) is 6.61 Å². The normalized spacial score (nSPS) is 11.9. The predicted octanol–water partition coefficient (Wildman–Crippen LogP) is -1.01. The first-order valence-corrected chi connectivity index (χ1v) is 3.21. The van der Waals surface area contributed by atoms with Gasteiger partial charge in [-0.2, -0.15) is 4.79 Å². The highest BCUT2D eigenvalue weighted by atomic mass is 16.3. The molecule has 1 unspecified atom stereocenters. The maximum Gasteiger partial charge on any atom is 0.364 e. The van der Waals surface area contributed by atoms with Crippen molar-refractivity contribution in [2.24, 2.45) is 0 Å². The van der Waals surface area contributed by atoms with Crippen LogP contribution in [0, 0.1) is 0 Å². The zero-order chi connectivity index (χ0) is 8.85. The summed E-state index contributed by atoms with van der Waals surface area (Å²) < 4.78 is 0. The maximum atomic E-state index is 10.8. The minimum absolute atomic E-state index is 0.135. The van der Waals surface area contributed by atoms with E-state index in [4.69, 9.17) is 15.7 Å². The highest BCUT2D eigenvalue weighted by Crippen LogP contribution is 1.90. The molecule has 0 aliphatic carbocycles. The molecule has 0 saturated heterocycles. The van der Waals surface area contributed by atoms with Crippen molar-refractivity contribution in [2.75, 3.05) is 6.61 Å². The first kappa shape index (κ1) is 9.97. The first-order valence-electron chi connectivity index (χ1n) is 3.21. The number of nitrogens with zero attached hydrogens (tertiary/aromatic N) is 2. The number of carbonyl (C=O) groups is 1. The summed E-state index contributed by atoms with van der Waals surface area (Å²) in [5, 5.41) is 17.2. The Morgan fingerprint density at radius 2 is 2.27 bits per heavy atom. The molecule has 0 saturated carbocycles. The number of ketones is 1. The molecule has 0 aliphatic rings. The van der Waals surface area contributed by atoms with Crippen LogP contribution in [0.3, 0.4) is 0 Å². The molecule has 5 heteroatoms. The van der Waals surface area contributed by atoms with Gasteiger partial charge in [0.15, 0.2) is 6.10 Å². The summed E-state index contributed by atoms with van der Waals surface area (Å²) in [6, 6.07) is 0. The van der Waals surface area contributed by atoms with Crippen LogP contribution in [0.2, 0.25) is 0 Å². The largest absolute Gasteiger partial charge is 0.393 e. The van der Waals surface area contributed by atoms with Gasteiger partial charge in [0.1, 0.15) is 0 Å². The standard InChI is InChI=1S/C6H10N2O3/c1-2-4(10)6(8-7)5(11)3-9/h5,9,11H,2-3H2,1H3. The van der Waals surface area contributed by atoms with Crippen LogP contribution in [-0.4, -0.2) is 39.2 Å². The Labute approximate surface area is 63.9 Å². The van der Waals surface area contributed by atoms with Crippen molar-refractivity contribution in [3.05, 3.63) is 5.53 Å². The van der Waals surface area contributed by atoms with Crippen LogP contribution in [0.5, 0.6) is 0 Å². The fourth-order valence-electron chi connectivity index (χ4n) is 0.576. The number of aliphatic hydroxyl groups excluding tert-OH is 2. The monoisotopic (exact) mass is 158 g/mol. The summed E-state index contributed by atoms with van der Waals surface area (Å²) in [6.45, 7) is 0.947. The van der Waals surface area contributed by atoms with Crippen LogP contribution in [0.1, 0.15) is 13.3 Å². The Bertz CT molecular complexity index is 196. The summed E-state index contributed by atoms with van der Waals surface area (Å²) in [5.74, 6) is -0.478. The summed E-state index contributed by atoms with van der Waals surface area (Å²) in [6.07, 6.45) is -1.25. The van der Waals surface area contributed by atoms with Gasteiger partial charge in [0.2, 0.25) is 5.78 Å². The Kier molecular flexibility index (Phi) is 4.29. The lowest BCUT2D eigenvalue weighted by molar-refractivity contribution is -0.118. The number of Topliss-reactive ketones (excluding diaryl/α,β-unsaturated/α-hetero) is 1. The van der Waals surface area contributed by atoms with Crippen molar-refractivity contribution in [2.45, 2.75) is 19.4 Å². The molecule has 11 heavy (non-hydrogen) atoms. The van der Waals surface area contributed by atoms with Gasteiger partial charge in [-0.3, -0.25) is 4.79 Å². The molecular weight excluding hydrogens is 148 g/mol. The molecule has 1 atom stereocenters. The van der Waals surface area contributed by atoms with Gasteiger partial charge in [-0.1, -0.05) is 6.92 Å². The van der Waals surface area contributed by atoms with Crippen LogP contribution in [-0.2, 0) is 4.79 Å². The number of aliphatic hydroxyl groups is 2.